The average molecular weight is 257 g/mol. The van der Waals surface area contributed by atoms with E-state index in [1.54, 1.807) is 25.3 Å². The van der Waals surface area contributed by atoms with Crippen LogP contribution in [0.1, 0.15) is 10.4 Å². The number of amides is 1. The number of primary amides is 1. The van der Waals surface area contributed by atoms with Crippen molar-refractivity contribution in [2.24, 2.45) is 5.73 Å². The molecule has 0 aliphatic carbocycles. The number of benzene rings is 2. The van der Waals surface area contributed by atoms with Crippen LogP contribution in [-0.4, -0.2) is 13.0 Å². The van der Waals surface area contributed by atoms with Gasteiger partial charge in [-0.05, 0) is 24.3 Å². The number of methoxy groups -OCH3 is 1. The first-order valence-electron chi connectivity index (χ1n) is 5.72. The Balaban J connectivity index is 2.39. The number of rotatable bonds is 4. The van der Waals surface area contributed by atoms with Gasteiger partial charge in [-0.2, -0.15) is 0 Å². The predicted molar refractivity (Wildman–Crippen MR) is 75.6 cm³/mol. The van der Waals surface area contributed by atoms with Gasteiger partial charge in [-0.15, -0.1) is 0 Å². The SMILES string of the molecule is COc1ccccc1Nc1cccc(C(N)=O)c1N. The molecule has 19 heavy (non-hydrogen) atoms. The van der Waals surface area contributed by atoms with Crippen LogP contribution in [0.15, 0.2) is 42.5 Å². The summed E-state index contributed by atoms with van der Waals surface area (Å²) < 4.78 is 5.24. The van der Waals surface area contributed by atoms with E-state index in [0.29, 0.717) is 22.7 Å². The molecule has 0 aromatic heterocycles. The third-order valence-corrected chi connectivity index (χ3v) is 2.75. The molecule has 5 heteroatoms. The van der Waals surface area contributed by atoms with Gasteiger partial charge >= 0.3 is 0 Å². The molecule has 0 radical (unpaired) electrons. The van der Waals surface area contributed by atoms with Gasteiger partial charge in [0.25, 0.3) is 5.91 Å². The lowest BCUT2D eigenvalue weighted by Gasteiger charge is -2.14. The van der Waals surface area contributed by atoms with Crippen molar-refractivity contribution in [3.05, 3.63) is 48.0 Å². The van der Waals surface area contributed by atoms with Crippen molar-refractivity contribution in [1.82, 2.24) is 0 Å². The van der Waals surface area contributed by atoms with E-state index in [0.717, 1.165) is 5.69 Å². The number of nitrogens with one attached hydrogen (secondary N) is 1. The maximum atomic E-state index is 11.2. The first-order valence-corrected chi connectivity index (χ1v) is 5.72. The number of ether oxygens (including phenoxy) is 1. The second-order valence-electron chi connectivity index (χ2n) is 3.96. The maximum absolute atomic E-state index is 11.2. The molecule has 5 nitrogen and oxygen atoms in total. The van der Waals surface area contributed by atoms with Crippen molar-refractivity contribution >= 4 is 23.0 Å². The lowest BCUT2D eigenvalue weighted by atomic mass is 10.1. The number of nitrogens with two attached hydrogens (primary N) is 2. The molecular weight excluding hydrogens is 242 g/mol. The van der Waals surface area contributed by atoms with Gasteiger partial charge in [-0.1, -0.05) is 18.2 Å². The summed E-state index contributed by atoms with van der Waals surface area (Å²) in [6.45, 7) is 0. The zero-order chi connectivity index (χ0) is 13.8. The summed E-state index contributed by atoms with van der Waals surface area (Å²) in [7, 11) is 1.59. The van der Waals surface area contributed by atoms with Crippen LogP contribution >= 0.6 is 0 Å². The molecule has 1 amide bonds. The summed E-state index contributed by atoms with van der Waals surface area (Å²) in [5.41, 5.74) is 13.2. The minimum atomic E-state index is -0.554. The first-order chi connectivity index (χ1) is 9.13. The predicted octanol–water partition coefficient (Wildman–Crippen LogP) is 2.12. The Morgan fingerprint density at radius 1 is 1.11 bits per heavy atom. The van der Waals surface area contributed by atoms with Crippen LogP contribution in [0, 0.1) is 0 Å². The van der Waals surface area contributed by atoms with Crippen LogP contribution < -0.4 is 21.5 Å². The van der Waals surface area contributed by atoms with Crippen LogP contribution in [0.5, 0.6) is 5.75 Å². The third-order valence-electron chi connectivity index (χ3n) is 2.75. The summed E-state index contributed by atoms with van der Waals surface area (Å²) >= 11 is 0. The number of hydrogen-bond acceptors (Lipinski definition) is 4. The third kappa shape index (κ3) is 2.60. The molecule has 0 atom stereocenters. The van der Waals surface area contributed by atoms with E-state index in [4.69, 9.17) is 16.2 Å². The van der Waals surface area contributed by atoms with E-state index in [9.17, 15) is 4.79 Å². The number of para-hydroxylation sites is 3. The summed E-state index contributed by atoms with van der Waals surface area (Å²) in [6.07, 6.45) is 0. The number of carbonyl (C=O) groups excluding carboxylic acids is 1. The van der Waals surface area contributed by atoms with E-state index in [1.807, 2.05) is 24.3 Å². The number of nitrogen functional groups attached to an aromatic ring is 1. The zero-order valence-electron chi connectivity index (χ0n) is 10.5. The highest BCUT2D eigenvalue weighted by Crippen LogP contribution is 2.31. The van der Waals surface area contributed by atoms with Gasteiger partial charge in [-0.3, -0.25) is 4.79 Å². The molecule has 0 aliphatic heterocycles. The summed E-state index contributed by atoms with van der Waals surface area (Å²) in [5, 5.41) is 3.13. The Hall–Kier alpha value is -2.69. The molecule has 2 rings (SSSR count). The van der Waals surface area contributed by atoms with Crippen molar-refractivity contribution in [2.45, 2.75) is 0 Å². The quantitative estimate of drug-likeness (QED) is 0.732. The smallest absolute Gasteiger partial charge is 0.250 e. The van der Waals surface area contributed by atoms with E-state index in [2.05, 4.69) is 5.32 Å². The monoisotopic (exact) mass is 257 g/mol. The van der Waals surface area contributed by atoms with Crippen LogP contribution in [-0.2, 0) is 0 Å². The summed E-state index contributed by atoms with van der Waals surface area (Å²) in [5.74, 6) is 0.132. The Bertz CT molecular complexity index is 611. The van der Waals surface area contributed by atoms with E-state index < -0.39 is 5.91 Å². The molecule has 0 bridgehead atoms. The molecular formula is C14H15N3O2. The topological polar surface area (TPSA) is 90.4 Å². The van der Waals surface area contributed by atoms with Crippen LogP contribution in [0.2, 0.25) is 0 Å². The van der Waals surface area contributed by atoms with Crippen molar-refractivity contribution in [3.8, 4) is 5.75 Å². The second kappa shape index (κ2) is 5.30. The molecule has 5 N–H and O–H groups in total. The zero-order valence-corrected chi connectivity index (χ0v) is 10.5. The van der Waals surface area contributed by atoms with Gasteiger partial charge in [0.1, 0.15) is 5.75 Å². The largest absolute Gasteiger partial charge is 0.495 e. The number of hydrogen-bond donors (Lipinski definition) is 3. The molecule has 0 fully saturated rings. The molecule has 0 spiro atoms. The van der Waals surface area contributed by atoms with E-state index >= 15 is 0 Å². The van der Waals surface area contributed by atoms with Gasteiger partial charge in [0.05, 0.1) is 29.7 Å². The molecule has 2 aromatic rings. The second-order valence-corrected chi connectivity index (χ2v) is 3.96. The maximum Gasteiger partial charge on any atom is 0.250 e. The number of anilines is 3. The minimum absolute atomic E-state index is 0.292. The van der Waals surface area contributed by atoms with E-state index in [-0.39, 0.29) is 0 Å². The highest BCUT2D eigenvalue weighted by Gasteiger charge is 2.10. The Morgan fingerprint density at radius 2 is 1.79 bits per heavy atom. The molecule has 0 unspecified atom stereocenters. The van der Waals surface area contributed by atoms with Crippen LogP contribution in [0.25, 0.3) is 0 Å². The number of carbonyl (C=O) groups is 1. The highest BCUT2D eigenvalue weighted by atomic mass is 16.5. The molecule has 2 aromatic carbocycles. The van der Waals surface area contributed by atoms with Crippen molar-refractivity contribution in [2.75, 3.05) is 18.2 Å². The molecule has 0 saturated carbocycles. The van der Waals surface area contributed by atoms with E-state index in [1.165, 1.54) is 0 Å². The molecule has 0 aliphatic rings. The lowest BCUT2D eigenvalue weighted by molar-refractivity contribution is 0.100. The van der Waals surface area contributed by atoms with Crippen molar-refractivity contribution in [3.63, 3.8) is 0 Å². The lowest BCUT2D eigenvalue weighted by Crippen LogP contribution is -2.14. The van der Waals surface area contributed by atoms with Gasteiger partial charge < -0.3 is 21.5 Å². The van der Waals surface area contributed by atoms with Gasteiger partial charge in [0.15, 0.2) is 0 Å². The Morgan fingerprint density at radius 3 is 2.47 bits per heavy atom. The normalized spacial score (nSPS) is 9.95. The fourth-order valence-corrected chi connectivity index (χ4v) is 1.78. The Kier molecular flexibility index (Phi) is 3.56. The van der Waals surface area contributed by atoms with Gasteiger partial charge in [0.2, 0.25) is 0 Å². The fraction of sp³-hybridized carbons (Fsp3) is 0.0714. The average Bonchev–Trinajstić information content (AvgIpc) is 2.41. The van der Waals surface area contributed by atoms with Crippen LogP contribution in [0.4, 0.5) is 17.1 Å². The fourth-order valence-electron chi connectivity index (χ4n) is 1.78. The standard InChI is InChI=1S/C14H15N3O2/c1-19-12-8-3-2-6-10(12)17-11-7-4-5-9(13(11)15)14(16)18/h2-8,17H,15H2,1H3,(H2,16,18). The molecule has 0 heterocycles. The highest BCUT2D eigenvalue weighted by molar-refractivity contribution is 6.01. The summed E-state index contributed by atoms with van der Waals surface area (Å²) in [4.78, 5) is 11.2. The van der Waals surface area contributed by atoms with Crippen molar-refractivity contribution in [1.29, 1.82) is 0 Å². The van der Waals surface area contributed by atoms with Crippen LogP contribution in [0.3, 0.4) is 0 Å². The van der Waals surface area contributed by atoms with Gasteiger partial charge in [-0.25, -0.2) is 0 Å². The van der Waals surface area contributed by atoms with Gasteiger partial charge in [0, 0.05) is 0 Å². The minimum Gasteiger partial charge on any atom is -0.495 e. The van der Waals surface area contributed by atoms with Crippen molar-refractivity contribution < 1.29 is 9.53 Å². The summed E-state index contributed by atoms with van der Waals surface area (Å²) in [6, 6.07) is 12.5. The molecule has 98 valence electrons. The Labute approximate surface area is 111 Å². The first kappa shape index (κ1) is 12.8. The molecule has 0 saturated heterocycles.